The lowest BCUT2D eigenvalue weighted by Gasteiger charge is -2.12. The van der Waals surface area contributed by atoms with E-state index in [2.05, 4.69) is 63.3 Å². The summed E-state index contributed by atoms with van der Waals surface area (Å²) in [6.07, 6.45) is 6.35. The Labute approximate surface area is 170 Å². The lowest BCUT2D eigenvalue weighted by atomic mass is 10.1. The van der Waals surface area contributed by atoms with Gasteiger partial charge < -0.3 is 15.2 Å². The molecule has 0 aliphatic carbocycles. The third-order valence-electron chi connectivity index (χ3n) is 4.70. The summed E-state index contributed by atoms with van der Waals surface area (Å²) in [7, 11) is 0. The fraction of sp³-hybridized carbons (Fsp3) is 0.273. The Kier molecular flexibility index (Phi) is 5.65. The summed E-state index contributed by atoms with van der Waals surface area (Å²) in [6.45, 7) is 5.62. The highest BCUT2D eigenvalue weighted by Gasteiger charge is 2.14. The molecule has 0 atom stereocenters. The number of nitrogens with one attached hydrogen (secondary N) is 2. The van der Waals surface area contributed by atoms with Crippen LogP contribution >= 0.6 is 0 Å². The van der Waals surface area contributed by atoms with Crippen molar-refractivity contribution in [3.8, 4) is 0 Å². The van der Waals surface area contributed by atoms with Crippen molar-refractivity contribution in [1.29, 1.82) is 0 Å². The SMILES string of the molecule is CC(C)n1cnc2c(NCc3cccnc3)nc(NCCc3ccccc3)nc21. The summed E-state index contributed by atoms with van der Waals surface area (Å²) in [4.78, 5) is 18.1. The zero-order valence-electron chi connectivity index (χ0n) is 16.7. The zero-order chi connectivity index (χ0) is 20.1. The Morgan fingerprint density at radius 1 is 0.966 bits per heavy atom. The molecule has 0 amide bonds. The van der Waals surface area contributed by atoms with E-state index in [1.54, 1.807) is 6.20 Å². The molecule has 2 N–H and O–H groups in total. The predicted octanol–water partition coefficient (Wildman–Crippen LogP) is 4.07. The third kappa shape index (κ3) is 4.51. The topological polar surface area (TPSA) is 80.5 Å². The van der Waals surface area contributed by atoms with Crippen molar-refractivity contribution in [3.63, 3.8) is 0 Å². The van der Waals surface area contributed by atoms with Gasteiger partial charge in [0.2, 0.25) is 5.95 Å². The van der Waals surface area contributed by atoms with Crippen LogP contribution in [0.5, 0.6) is 0 Å². The lowest BCUT2D eigenvalue weighted by molar-refractivity contribution is 0.613. The average Bonchev–Trinajstić information content (AvgIpc) is 3.18. The number of anilines is 2. The van der Waals surface area contributed by atoms with E-state index in [1.165, 1.54) is 5.56 Å². The van der Waals surface area contributed by atoms with Gasteiger partial charge in [-0.15, -0.1) is 0 Å². The number of pyridine rings is 1. The highest BCUT2D eigenvalue weighted by Crippen LogP contribution is 2.23. The van der Waals surface area contributed by atoms with E-state index in [4.69, 9.17) is 9.97 Å². The molecule has 0 fully saturated rings. The van der Waals surface area contributed by atoms with Gasteiger partial charge in [-0.3, -0.25) is 4.98 Å². The molecule has 0 aliphatic rings. The minimum atomic E-state index is 0.262. The molecule has 0 saturated carbocycles. The van der Waals surface area contributed by atoms with Crippen LogP contribution < -0.4 is 10.6 Å². The number of hydrogen-bond donors (Lipinski definition) is 2. The minimum Gasteiger partial charge on any atom is -0.364 e. The Bertz CT molecular complexity index is 1060. The van der Waals surface area contributed by atoms with Crippen LogP contribution in [0.4, 0.5) is 11.8 Å². The van der Waals surface area contributed by atoms with Gasteiger partial charge in [-0.25, -0.2) is 4.98 Å². The fourth-order valence-corrected chi connectivity index (χ4v) is 3.15. The van der Waals surface area contributed by atoms with Crippen LogP contribution in [0.15, 0.2) is 61.2 Å². The van der Waals surface area contributed by atoms with Crippen LogP contribution in [-0.2, 0) is 13.0 Å². The van der Waals surface area contributed by atoms with E-state index >= 15 is 0 Å². The molecule has 0 spiro atoms. The number of benzene rings is 1. The normalized spacial score (nSPS) is 11.1. The van der Waals surface area contributed by atoms with Gasteiger partial charge in [0.1, 0.15) is 0 Å². The minimum absolute atomic E-state index is 0.262. The summed E-state index contributed by atoms with van der Waals surface area (Å²) >= 11 is 0. The number of nitrogens with zero attached hydrogens (tertiary/aromatic N) is 5. The highest BCUT2D eigenvalue weighted by molar-refractivity contribution is 5.84. The van der Waals surface area contributed by atoms with Crippen LogP contribution in [0.3, 0.4) is 0 Å². The van der Waals surface area contributed by atoms with Crippen molar-refractivity contribution in [1.82, 2.24) is 24.5 Å². The van der Waals surface area contributed by atoms with Crippen molar-refractivity contribution in [3.05, 3.63) is 72.3 Å². The quantitative estimate of drug-likeness (QED) is 0.474. The second kappa shape index (κ2) is 8.68. The summed E-state index contributed by atoms with van der Waals surface area (Å²) in [5, 5.41) is 6.76. The Morgan fingerprint density at radius 3 is 2.55 bits per heavy atom. The van der Waals surface area contributed by atoms with Gasteiger partial charge in [-0.1, -0.05) is 36.4 Å². The second-order valence-corrected chi connectivity index (χ2v) is 7.19. The molecule has 0 unspecified atom stereocenters. The molecule has 7 nitrogen and oxygen atoms in total. The van der Waals surface area contributed by atoms with E-state index in [1.807, 2.05) is 30.7 Å². The van der Waals surface area contributed by atoms with Crippen LogP contribution in [0.25, 0.3) is 11.2 Å². The molecule has 0 saturated heterocycles. The first-order valence-corrected chi connectivity index (χ1v) is 9.86. The summed E-state index contributed by atoms with van der Waals surface area (Å²) in [5.41, 5.74) is 3.96. The summed E-state index contributed by atoms with van der Waals surface area (Å²) < 4.78 is 2.06. The molecule has 3 aromatic heterocycles. The Hall–Kier alpha value is -3.48. The third-order valence-corrected chi connectivity index (χ3v) is 4.70. The van der Waals surface area contributed by atoms with Gasteiger partial charge in [0.15, 0.2) is 17.0 Å². The largest absolute Gasteiger partial charge is 0.364 e. The van der Waals surface area contributed by atoms with Gasteiger partial charge in [0.25, 0.3) is 0 Å². The van der Waals surface area contributed by atoms with Crippen molar-refractivity contribution in [2.45, 2.75) is 32.9 Å². The lowest BCUT2D eigenvalue weighted by Crippen LogP contribution is -2.11. The first-order chi connectivity index (χ1) is 14.2. The highest BCUT2D eigenvalue weighted by atomic mass is 15.2. The van der Waals surface area contributed by atoms with Crippen LogP contribution in [0.2, 0.25) is 0 Å². The molecule has 0 aliphatic heterocycles. The molecular formula is C22H25N7. The van der Waals surface area contributed by atoms with E-state index in [0.717, 1.165) is 35.5 Å². The van der Waals surface area contributed by atoms with Gasteiger partial charge in [0, 0.05) is 31.5 Å². The maximum atomic E-state index is 4.73. The smallest absolute Gasteiger partial charge is 0.226 e. The van der Waals surface area contributed by atoms with Crippen molar-refractivity contribution in [2.24, 2.45) is 0 Å². The van der Waals surface area contributed by atoms with E-state index in [-0.39, 0.29) is 6.04 Å². The maximum Gasteiger partial charge on any atom is 0.226 e. The number of aromatic nitrogens is 5. The van der Waals surface area contributed by atoms with Crippen molar-refractivity contribution >= 4 is 22.9 Å². The van der Waals surface area contributed by atoms with E-state index in [9.17, 15) is 0 Å². The number of imidazole rings is 1. The fourth-order valence-electron chi connectivity index (χ4n) is 3.15. The standard InChI is InChI=1S/C22H25N7/c1-16(2)29-15-26-19-20(25-14-18-9-6-11-23-13-18)27-22(28-21(19)29)24-12-10-17-7-4-3-5-8-17/h3-9,11,13,15-16H,10,12,14H2,1-2H3,(H2,24,25,27,28). The average molecular weight is 387 g/mol. The number of fused-ring (bicyclic) bond motifs is 1. The van der Waals surface area contributed by atoms with Crippen molar-refractivity contribution < 1.29 is 0 Å². The zero-order valence-corrected chi connectivity index (χ0v) is 16.7. The molecule has 3 heterocycles. The second-order valence-electron chi connectivity index (χ2n) is 7.19. The van der Waals surface area contributed by atoms with Gasteiger partial charge in [-0.05, 0) is 37.5 Å². The molecule has 0 radical (unpaired) electrons. The molecular weight excluding hydrogens is 362 g/mol. The van der Waals surface area contributed by atoms with Crippen LogP contribution in [0.1, 0.15) is 31.0 Å². The van der Waals surface area contributed by atoms with Gasteiger partial charge >= 0.3 is 0 Å². The molecule has 148 valence electrons. The first-order valence-electron chi connectivity index (χ1n) is 9.86. The summed E-state index contributed by atoms with van der Waals surface area (Å²) in [6, 6.07) is 14.6. The molecule has 7 heteroatoms. The Morgan fingerprint density at radius 2 is 1.79 bits per heavy atom. The van der Waals surface area contributed by atoms with Crippen molar-refractivity contribution in [2.75, 3.05) is 17.2 Å². The van der Waals surface area contributed by atoms with Crippen LogP contribution in [-0.4, -0.2) is 31.0 Å². The molecule has 1 aromatic carbocycles. The van der Waals surface area contributed by atoms with Gasteiger partial charge in [-0.2, -0.15) is 9.97 Å². The predicted molar refractivity (Wildman–Crippen MR) is 116 cm³/mol. The summed E-state index contributed by atoms with van der Waals surface area (Å²) in [5.74, 6) is 1.32. The maximum absolute atomic E-state index is 4.73. The number of rotatable bonds is 8. The molecule has 4 rings (SSSR count). The monoisotopic (exact) mass is 387 g/mol. The van der Waals surface area contributed by atoms with Gasteiger partial charge in [0.05, 0.1) is 6.33 Å². The first kappa shape index (κ1) is 18.9. The number of hydrogen-bond acceptors (Lipinski definition) is 6. The molecule has 0 bridgehead atoms. The molecule has 29 heavy (non-hydrogen) atoms. The Balaban J connectivity index is 1.57. The van der Waals surface area contributed by atoms with Crippen LogP contribution in [0, 0.1) is 0 Å². The van der Waals surface area contributed by atoms with E-state index in [0.29, 0.717) is 12.5 Å². The van der Waals surface area contributed by atoms with E-state index < -0.39 is 0 Å². The molecule has 4 aromatic rings.